The molecular formula is C20H20N4O4S. The zero-order chi connectivity index (χ0) is 20.6. The van der Waals surface area contributed by atoms with Crippen molar-refractivity contribution in [3.63, 3.8) is 0 Å². The van der Waals surface area contributed by atoms with Crippen molar-refractivity contribution in [3.05, 3.63) is 59.6 Å². The van der Waals surface area contributed by atoms with E-state index in [4.69, 9.17) is 4.74 Å². The highest BCUT2D eigenvalue weighted by Gasteiger charge is 2.21. The molecule has 0 aliphatic rings. The number of thiophene rings is 1. The van der Waals surface area contributed by atoms with E-state index < -0.39 is 18.5 Å². The van der Waals surface area contributed by atoms with Gasteiger partial charge in [0.15, 0.2) is 6.61 Å². The molecule has 2 N–H and O–H groups in total. The Morgan fingerprint density at radius 3 is 2.55 bits per heavy atom. The fourth-order valence-electron chi connectivity index (χ4n) is 2.53. The molecule has 150 valence electrons. The van der Waals surface area contributed by atoms with Crippen molar-refractivity contribution in [1.29, 1.82) is 0 Å². The minimum absolute atomic E-state index is 0.170. The predicted molar refractivity (Wildman–Crippen MR) is 109 cm³/mol. The van der Waals surface area contributed by atoms with Gasteiger partial charge in [-0.3, -0.25) is 9.59 Å². The Morgan fingerprint density at radius 2 is 1.86 bits per heavy atom. The number of hydrogen-bond donors (Lipinski definition) is 2. The third-order valence-electron chi connectivity index (χ3n) is 3.86. The van der Waals surface area contributed by atoms with E-state index in [0.717, 1.165) is 10.6 Å². The second kappa shape index (κ2) is 9.65. The number of hydrogen-bond acceptors (Lipinski definition) is 6. The highest BCUT2D eigenvalue weighted by Crippen LogP contribution is 2.28. The van der Waals surface area contributed by atoms with Crippen molar-refractivity contribution in [3.8, 4) is 16.3 Å². The lowest BCUT2D eigenvalue weighted by molar-refractivity contribution is -0.127. The number of likely N-dealkylation sites (N-methyl/N-ethyl adjacent to an activating group) is 1. The largest absolute Gasteiger partial charge is 0.452 e. The summed E-state index contributed by atoms with van der Waals surface area (Å²) in [5.41, 5.74) is 1.54. The Kier molecular flexibility index (Phi) is 6.75. The van der Waals surface area contributed by atoms with Crippen molar-refractivity contribution in [2.45, 2.75) is 6.92 Å². The minimum atomic E-state index is -0.663. The summed E-state index contributed by atoms with van der Waals surface area (Å²) in [4.78, 5) is 36.7. The Bertz CT molecular complexity index is 983. The molecule has 0 saturated heterocycles. The van der Waals surface area contributed by atoms with Crippen LogP contribution >= 0.6 is 11.3 Å². The number of ether oxygens (including phenoxy) is 1. The Labute approximate surface area is 171 Å². The second-order valence-electron chi connectivity index (χ2n) is 5.96. The lowest BCUT2D eigenvalue weighted by Gasteiger charge is -2.06. The number of nitrogens with zero attached hydrogens (tertiary/aromatic N) is 2. The van der Waals surface area contributed by atoms with Crippen molar-refractivity contribution in [2.24, 2.45) is 0 Å². The Hall–Kier alpha value is -3.46. The molecule has 0 aliphatic carbocycles. The van der Waals surface area contributed by atoms with Crippen LogP contribution < -0.4 is 10.6 Å². The van der Waals surface area contributed by atoms with Gasteiger partial charge in [0.2, 0.25) is 5.91 Å². The number of benzene rings is 1. The number of carbonyl (C=O) groups is 3. The summed E-state index contributed by atoms with van der Waals surface area (Å²) in [5, 5.41) is 11.4. The van der Waals surface area contributed by atoms with Crippen LogP contribution in [0.15, 0.2) is 54.0 Å². The van der Waals surface area contributed by atoms with Gasteiger partial charge in [-0.05, 0) is 30.5 Å². The van der Waals surface area contributed by atoms with Crippen LogP contribution in [0, 0.1) is 0 Å². The van der Waals surface area contributed by atoms with E-state index in [-0.39, 0.29) is 18.0 Å². The number of aromatic nitrogens is 2. The van der Waals surface area contributed by atoms with Gasteiger partial charge in [-0.15, -0.1) is 11.3 Å². The number of esters is 1. The normalized spacial score (nSPS) is 10.4. The second-order valence-corrected chi connectivity index (χ2v) is 6.90. The lowest BCUT2D eigenvalue weighted by Crippen LogP contribution is -2.38. The molecule has 0 aliphatic heterocycles. The van der Waals surface area contributed by atoms with E-state index in [9.17, 15) is 14.4 Å². The SMILES string of the molecule is CCNC(=O)CNC(=O)COC(=O)c1cn(-c2ccccc2)nc1-c1cccs1. The molecule has 0 fully saturated rings. The number of nitrogens with one attached hydrogen (secondary N) is 2. The molecule has 0 bridgehead atoms. The first kappa shape index (κ1) is 20.3. The lowest BCUT2D eigenvalue weighted by atomic mass is 10.2. The highest BCUT2D eigenvalue weighted by atomic mass is 32.1. The smallest absolute Gasteiger partial charge is 0.342 e. The fraction of sp³-hybridized carbons (Fsp3) is 0.200. The maximum Gasteiger partial charge on any atom is 0.342 e. The van der Waals surface area contributed by atoms with Crippen molar-refractivity contribution < 1.29 is 19.1 Å². The minimum Gasteiger partial charge on any atom is -0.452 e. The summed E-state index contributed by atoms with van der Waals surface area (Å²) in [6, 6.07) is 13.1. The topological polar surface area (TPSA) is 102 Å². The van der Waals surface area contributed by atoms with Crippen LogP contribution in [0.1, 0.15) is 17.3 Å². The molecule has 1 aromatic carbocycles. The van der Waals surface area contributed by atoms with E-state index in [1.165, 1.54) is 11.3 Å². The van der Waals surface area contributed by atoms with E-state index in [1.54, 1.807) is 17.8 Å². The molecule has 0 atom stereocenters. The number of amides is 2. The summed E-state index contributed by atoms with van der Waals surface area (Å²) in [5.74, 6) is -1.53. The van der Waals surface area contributed by atoms with Crippen LogP contribution in [0.2, 0.25) is 0 Å². The summed E-state index contributed by atoms with van der Waals surface area (Å²) in [7, 11) is 0. The highest BCUT2D eigenvalue weighted by molar-refractivity contribution is 7.13. The first-order valence-electron chi connectivity index (χ1n) is 8.98. The zero-order valence-electron chi connectivity index (χ0n) is 15.8. The number of carbonyl (C=O) groups excluding carboxylic acids is 3. The summed E-state index contributed by atoms with van der Waals surface area (Å²) >= 11 is 1.45. The van der Waals surface area contributed by atoms with Gasteiger partial charge in [-0.2, -0.15) is 5.10 Å². The van der Waals surface area contributed by atoms with E-state index in [2.05, 4.69) is 15.7 Å². The van der Waals surface area contributed by atoms with E-state index in [0.29, 0.717) is 12.2 Å². The molecule has 0 radical (unpaired) electrons. The summed E-state index contributed by atoms with van der Waals surface area (Å²) in [6.07, 6.45) is 1.58. The van der Waals surface area contributed by atoms with Gasteiger partial charge in [-0.25, -0.2) is 9.48 Å². The van der Waals surface area contributed by atoms with Crippen molar-refractivity contribution in [2.75, 3.05) is 19.7 Å². The quantitative estimate of drug-likeness (QED) is 0.551. The molecule has 2 amide bonds. The molecule has 2 heterocycles. The van der Waals surface area contributed by atoms with Gasteiger partial charge in [0.05, 0.1) is 17.1 Å². The molecule has 3 aromatic rings. The third kappa shape index (κ3) is 5.29. The molecule has 0 spiro atoms. The molecule has 8 nitrogen and oxygen atoms in total. The first-order valence-corrected chi connectivity index (χ1v) is 9.86. The average Bonchev–Trinajstić information content (AvgIpc) is 3.41. The van der Waals surface area contributed by atoms with Gasteiger partial charge >= 0.3 is 5.97 Å². The van der Waals surface area contributed by atoms with E-state index in [1.807, 2.05) is 47.8 Å². The van der Waals surface area contributed by atoms with Crippen molar-refractivity contribution in [1.82, 2.24) is 20.4 Å². The Balaban J connectivity index is 1.71. The van der Waals surface area contributed by atoms with Crippen LogP contribution in [0.5, 0.6) is 0 Å². The van der Waals surface area contributed by atoms with Gasteiger partial charge in [0.25, 0.3) is 5.91 Å². The van der Waals surface area contributed by atoms with Crippen molar-refractivity contribution >= 4 is 29.1 Å². The van der Waals surface area contributed by atoms with Gasteiger partial charge < -0.3 is 15.4 Å². The van der Waals surface area contributed by atoms with E-state index >= 15 is 0 Å². The van der Waals surface area contributed by atoms with Gasteiger partial charge in [-0.1, -0.05) is 24.3 Å². The number of rotatable bonds is 8. The Morgan fingerprint density at radius 1 is 1.07 bits per heavy atom. The van der Waals surface area contributed by atoms with Crippen LogP contribution in [0.4, 0.5) is 0 Å². The molecule has 2 aromatic heterocycles. The maximum atomic E-state index is 12.6. The molecule has 0 unspecified atom stereocenters. The fourth-order valence-corrected chi connectivity index (χ4v) is 3.25. The van der Waals surface area contributed by atoms with Crippen LogP contribution in [-0.2, 0) is 14.3 Å². The van der Waals surface area contributed by atoms with Crippen LogP contribution in [0.3, 0.4) is 0 Å². The molecule has 9 heteroatoms. The maximum absolute atomic E-state index is 12.6. The molecule has 29 heavy (non-hydrogen) atoms. The standard InChI is InChI=1S/C20H20N4O4S/c1-2-21-17(25)11-22-18(26)13-28-20(27)15-12-24(14-7-4-3-5-8-14)23-19(15)16-9-6-10-29-16/h3-10,12H,2,11,13H2,1H3,(H,21,25)(H,22,26). The monoisotopic (exact) mass is 412 g/mol. The average molecular weight is 412 g/mol. The van der Waals surface area contributed by atoms with Crippen LogP contribution in [-0.4, -0.2) is 47.3 Å². The molecule has 0 saturated carbocycles. The first-order chi connectivity index (χ1) is 14.1. The van der Waals surface area contributed by atoms with Crippen LogP contribution in [0.25, 0.3) is 16.3 Å². The molecular weight excluding hydrogens is 392 g/mol. The number of para-hydroxylation sites is 1. The van der Waals surface area contributed by atoms with Gasteiger partial charge in [0, 0.05) is 12.7 Å². The summed E-state index contributed by atoms with van der Waals surface area (Å²) < 4.78 is 6.74. The predicted octanol–water partition coefficient (Wildman–Crippen LogP) is 2.01. The molecule has 3 rings (SSSR count). The third-order valence-corrected chi connectivity index (χ3v) is 4.74. The summed E-state index contributed by atoms with van der Waals surface area (Å²) in [6.45, 7) is 1.60. The van der Waals surface area contributed by atoms with Gasteiger partial charge in [0.1, 0.15) is 11.3 Å². The zero-order valence-corrected chi connectivity index (χ0v) is 16.6.